The lowest BCUT2D eigenvalue weighted by Crippen LogP contribution is -2.44. The second kappa shape index (κ2) is 9.35. The van der Waals surface area contributed by atoms with Crippen LogP contribution in [0.3, 0.4) is 0 Å². The first-order valence-electron chi connectivity index (χ1n) is 10.7. The van der Waals surface area contributed by atoms with Gasteiger partial charge < -0.3 is 10.1 Å². The highest BCUT2D eigenvalue weighted by Crippen LogP contribution is 2.25. The second-order valence-electron chi connectivity index (χ2n) is 7.99. The molecule has 1 unspecified atom stereocenters. The van der Waals surface area contributed by atoms with Crippen molar-refractivity contribution in [1.82, 2.24) is 9.21 Å². The summed E-state index contributed by atoms with van der Waals surface area (Å²) in [5.74, 6) is -2.76. The number of anilines is 1. The summed E-state index contributed by atoms with van der Waals surface area (Å²) in [6, 6.07) is 10.7. The molecule has 10 nitrogen and oxygen atoms in total. The Kier molecular flexibility index (Phi) is 6.49. The molecule has 178 valence electrons. The largest absolute Gasteiger partial charge is 0.454 e. The Morgan fingerprint density at radius 3 is 2.09 bits per heavy atom. The molecule has 2 aliphatic rings. The van der Waals surface area contributed by atoms with Crippen LogP contribution in [-0.4, -0.2) is 67.1 Å². The number of sulfonamides is 1. The van der Waals surface area contributed by atoms with E-state index in [0.29, 0.717) is 18.8 Å². The van der Waals surface area contributed by atoms with E-state index in [2.05, 4.69) is 5.32 Å². The molecular weight excluding hydrogens is 462 g/mol. The van der Waals surface area contributed by atoms with Gasteiger partial charge in [-0.3, -0.25) is 19.3 Å². The van der Waals surface area contributed by atoms with E-state index < -0.39 is 46.4 Å². The Balaban J connectivity index is 1.31. The number of fused-ring (bicyclic) bond motifs is 1. The summed E-state index contributed by atoms with van der Waals surface area (Å²) >= 11 is 0. The molecule has 1 atom stereocenters. The predicted molar refractivity (Wildman–Crippen MR) is 120 cm³/mol. The first-order chi connectivity index (χ1) is 16.2. The third kappa shape index (κ3) is 4.44. The molecule has 0 radical (unpaired) electrons. The Bertz CT molecular complexity index is 1220. The van der Waals surface area contributed by atoms with Crippen molar-refractivity contribution in [2.75, 3.05) is 25.0 Å². The van der Waals surface area contributed by atoms with Crippen molar-refractivity contribution in [3.8, 4) is 0 Å². The molecule has 2 aliphatic heterocycles. The summed E-state index contributed by atoms with van der Waals surface area (Å²) in [7, 11) is -3.56. The van der Waals surface area contributed by atoms with E-state index in [-0.39, 0.29) is 16.0 Å². The Morgan fingerprint density at radius 2 is 1.53 bits per heavy atom. The molecule has 0 aliphatic carbocycles. The number of imide groups is 1. The average molecular weight is 486 g/mol. The smallest absolute Gasteiger partial charge is 0.329 e. The fourth-order valence-corrected chi connectivity index (χ4v) is 5.42. The van der Waals surface area contributed by atoms with Crippen LogP contribution in [0, 0.1) is 0 Å². The maximum Gasteiger partial charge on any atom is 0.329 e. The molecule has 1 N–H and O–H groups in total. The molecule has 2 heterocycles. The van der Waals surface area contributed by atoms with Gasteiger partial charge in [0.05, 0.1) is 16.0 Å². The van der Waals surface area contributed by atoms with Gasteiger partial charge in [-0.15, -0.1) is 0 Å². The number of ether oxygens (including phenoxy) is 1. The minimum absolute atomic E-state index is 0.133. The molecule has 11 heteroatoms. The second-order valence-corrected chi connectivity index (χ2v) is 9.93. The molecular formula is C23H23N3O7S. The van der Waals surface area contributed by atoms with Crippen LogP contribution in [-0.2, 0) is 24.3 Å². The third-order valence-electron chi connectivity index (χ3n) is 5.74. The van der Waals surface area contributed by atoms with Gasteiger partial charge in [0.25, 0.3) is 17.7 Å². The number of amides is 3. The number of carbonyl (C=O) groups is 4. The summed E-state index contributed by atoms with van der Waals surface area (Å²) in [6.45, 7) is 1.69. The van der Waals surface area contributed by atoms with Crippen molar-refractivity contribution >= 4 is 39.4 Å². The van der Waals surface area contributed by atoms with E-state index in [9.17, 15) is 27.6 Å². The zero-order valence-corrected chi connectivity index (χ0v) is 19.2. The van der Waals surface area contributed by atoms with E-state index in [0.717, 1.165) is 17.7 Å². The highest BCUT2D eigenvalue weighted by atomic mass is 32.2. The van der Waals surface area contributed by atoms with Crippen molar-refractivity contribution < 1.29 is 32.3 Å². The maximum atomic E-state index is 12.6. The van der Waals surface area contributed by atoms with Crippen molar-refractivity contribution in [2.24, 2.45) is 0 Å². The van der Waals surface area contributed by atoms with Gasteiger partial charge in [0, 0.05) is 18.8 Å². The number of hydrogen-bond acceptors (Lipinski definition) is 7. The number of nitrogens with one attached hydrogen (secondary N) is 1. The first-order valence-corrected chi connectivity index (χ1v) is 12.2. The van der Waals surface area contributed by atoms with Gasteiger partial charge in [0.1, 0.15) is 6.04 Å². The van der Waals surface area contributed by atoms with Crippen LogP contribution in [0.2, 0.25) is 0 Å². The quantitative estimate of drug-likeness (QED) is 0.466. The van der Waals surface area contributed by atoms with Crippen LogP contribution in [0.25, 0.3) is 0 Å². The highest BCUT2D eigenvalue weighted by Gasteiger charge is 2.41. The fraction of sp³-hybridized carbons (Fsp3) is 0.304. The van der Waals surface area contributed by atoms with Crippen molar-refractivity contribution in [3.05, 3.63) is 59.7 Å². The van der Waals surface area contributed by atoms with Crippen LogP contribution in [0.5, 0.6) is 0 Å². The van der Waals surface area contributed by atoms with Gasteiger partial charge in [0.15, 0.2) is 6.61 Å². The number of benzene rings is 2. The monoisotopic (exact) mass is 485 g/mol. The van der Waals surface area contributed by atoms with Crippen LogP contribution in [0.1, 0.15) is 40.5 Å². The summed E-state index contributed by atoms with van der Waals surface area (Å²) in [5, 5.41) is 2.51. The summed E-state index contributed by atoms with van der Waals surface area (Å²) < 4.78 is 31.5. The Morgan fingerprint density at radius 1 is 0.971 bits per heavy atom. The molecule has 2 aromatic carbocycles. The first kappa shape index (κ1) is 23.6. The van der Waals surface area contributed by atoms with E-state index in [4.69, 9.17) is 4.74 Å². The fourth-order valence-electron chi connectivity index (χ4n) is 3.91. The summed E-state index contributed by atoms with van der Waals surface area (Å²) in [5.41, 5.74) is 0.745. The van der Waals surface area contributed by atoms with Crippen LogP contribution < -0.4 is 5.32 Å². The zero-order valence-electron chi connectivity index (χ0n) is 18.4. The number of carbonyl (C=O) groups excluding carboxylic acids is 4. The molecule has 4 rings (SSSR count). The molecule has 0 spiro atoms. The minimum atomic E-state index is -3.56. The Labute approximate surface area is 196 Å². The van der Waals surface area contributed by atoms with Crippen molar-refractivity contribution in [2.45, 2.75) is 30.7 Å². The molecule has 0 saturated carbocycles. The molecule has 0 aromatic heterocycles. The van der Waals surface area contributed by atoms with Crippen LogP contribution >= 0.6 is 0 Å². The lowest BCUT2D eigenvalue weighted by molar-refractivity contribution is -0.150. The Hall–Kier alpha value is -3.57. The van der Waals surface area contributed by atoms with E-state index in [1.165, 1.54) is 47.6 Å². The molecule has 0 bridgehead atoms. The highest BCUT2D eigenvalue weighted by molar-refractivity contribution is 7.89. The normalized spacial score (nSPS) is 16.9. The topological polar surface area (TPSA) is 130 Å². The number of hydrogen-bond donors (Lipinski definition) is 1. The number of nitrogens with zero attached hydrogens (tertiary/aromatic N) is 2. The number of esters is 1. The van der Waals surface area contributed by atoms with Crippen LogP contribution in [0.4, 0.5) is 5.69 Å². The average Bonchev–Trinajstić information content (AvgIpc) is 3.46. The molecule has 2 aromatic rings. The van der Waals surface area contributed by atoms with Gasteiger partial charge >= 0.3 is 5.97 Å². The van der Waals surface area contributed by atoms with E-state index in [1.54, 1.807) is 12.1 Å². The summed E-state index contributed by atoms with van der Waals surface area (Å²) in [4.78, 5) is 50.5. The molecule has 1 saturated heterocycles. The van der Waals surface area contributed by atoms with E-state index >= 15 is 0 Å². The van der Waals surface area contributed by atoms with Gasteiger partial charge in [-0.05, 0) is 56.2 Å². The van der Waals surface area contributed by atoms with E-state index in [1.807, 2.05) is 0 Å². The maximum absolute atomic E-state index is 12.6. The molecule has 3 amide bonds. The molecule has 1 fully saturated rings. The minimum Gasteiger partial charge on any atom is -0.454 e. The van der Waals surface area contributed by atoms with Crippen molar-refractivity contribution in [1.29, 1.82) is 0 Å². The molecule has 34 heavy (non-hydrogen) atoms. The van der Waals surface area contributed by atoms with Gasteiger partial charge in [-0.1, -0.05) is 12.1 Å². The SMILES string of the molecule is CC(C(=O)OCC(=O)Nc1ccc(S(=O)(=O)N2CCCC2)cc1)N1C(=O)c2ccccc2C1=O. The van der Waals surface area contributed by atoms with Crippen LogP contribution in [0.15, 0.2) is 53.4 Å². The lowest BCUT2D eigenvalue weighted by atomic mass is 10.1. The van der Waals surface area contributed by atoms with Crippen molar-refractivity contribution in [3.63, 3.8) is 0 Å². The van der Waals surface area contributed by atoms with Gasteiger partial charge in [0.2, 0.25) is 10.0 Å². The van der Waals surface area contributed by atoms with Gasteiger partial charge in [-0.2, -0.15) is 4.31 Å². The standard InChI is InChI=1S/C23H23N3O7S/c1-15(26-21(28)18-6-2-3-7-19(18)22(26)29)23(30)33-14-20(27)24-16-8-10-17(11-9-16)34(31,32)25-12-4-5-13-25/h2-3,6-11,15H,4-5,12-14H2,1H3,(H,24,27). The predicted octanol–water partition coefficient (Wildman–Crippen LogP) is 1.64. The lowest BCUT2D eigenvalue weighted by Gasteiger charge is -2.20. The summed E-state index contributed by atoms with van der Waals surface area (Å²) in [6.07, 6.45) is 1.66. The van der Waals surface area contributed by atoms with Gasteiger partial charge in [-0.25, -0.2) is 13.2 Å². The third-order valence-corrected chi connectivity index (χ3v) is 7.65. The zero-order chi connectivity index (χ0) is 24.5. The number of rotatable bonds is 7.